The van der Waals surface area contributed by atoms with Gasteiger partial charge < -0.3 is 10.2 Å². The van der Waals surface area contributed by atoms with Crippen molar-refractivity contribution in [1.82, 2.24) is 14.7 Å². The maximum absolute atomic E-state index is 13.1. The van der Waals surface area contributed by atoms with Gasteiger partial charge in [-0.2, -0.15) is 5.10 Å². The summed E-state index contributed by atoms with van der Waals surface area (Å²) in [6.07, 6.45) is 8.02. The average Bonchev–Trinajstić information content (AvgIpc) is 3.29. The Labute approximate surface area is 219 Å². The lowest BCUT2D eigenvalue weighted by molar-refractivity contribution is -0.134. The summed E-state index contributed by atoms with van der Waals surface area (Å²) in [5.41, 5.74) is 2.32. The standard InChI is InChI=1S/C29H37ClN4O2/c1-3-5-6-7-8-12-19-29(36)33(20-4-2)22-28(35)31-27-21-25(23-15-10-9-11-16-23)32-34(27)26-18-14-13-17-24(26)30/h9-11,13-18,21H,3-8,12,19-20,22H2,1-2H3,(H,31,35). The minimum atomic E-state index is -0.257. The molecule has 3 rings (SSSR count). The van der Waals surface area contributed by atoms with Crippen molar-refractivity contribution in [3.05, 3.63) is 65.7 Å². The van der Waals surface area contributed by atoms with Gasteiger partial charge in [-0.15, -0.1) is 0 Å². The van der Waals surface area contributed by atoms with Crippen LogP contribution in [0.4, 0.5) is 5.82 Å². The molecular formula is C29H37ClN4O2. The molecule has 6 nitrogen and oxygen atoms in total. The minimum Gasteiger partial charge on any atom is -0.333 e. The molecule has 192 valence electrons. The maximum Gasteiger partial charge on any atom is 0.245 e. The second-order valence-electron chi connectivity index (χ2n) is 9.03. The molecule has 0 radical (unpaired) electrons. The van der Waals surface area contributed by atoms with E-state index in [9.17, 15) is 9.59 Å². The van der Waals surface area contributed by atoms with E-state index in [1.807, 2.05) is 61.5 Å². The van der Waals surface area contributed by atoms with Crippen molar-refractivity contribution in [3.8, 4) is 16.9 Å². The first-order chi connectivity index (χ1) is 17.5. The number of aromatic nitrogens is 2. The Hall–Kier alpha value is -3.12. The van der Waals surface area contributed by atoms with Crippen molar-refractivity contribution in [1.29, 1.82) is 0 Å². The summed E-state index contributed by atoms with van der Waals surface area (Å²) in [5.74, 6) is 0.284. The molecule has 7 heteroatoms. The van der Waals surface area contributed by atoms with Gasteiger partial charge in [-0.25, -0.2) is 4.68 Å². The van der Waals surface area contributed by atoms with Gasteiger partial charge in [0.2, 0.25) is 11.8 Å². The normalized spacial score (nSPS) is 10.9. The van der Waals surface area contributed by atoms with Crippen LogP contribution in [0.15, 0.2) is 60.7 Å². The van der Waals surface area contributed by atoms with E-state index in [0.29, 0.717) is 29.5 Å². The summed E-state index contributed by atoms with van der Waals surface area (Å²) in [6.45, 7) is 4.78. The van der Waals surface area contributed by atoms with Crippen LogP contribution < -0.4 is 5.32 Å². The zero-order valence-electron chi connectivity index (χ0n) is 21.4. The number of anilines is 1. The highest BCUT2D eigenvalue weighted by molar-refractivity contribution is 6.32. The molecule has 1 N–H and O–H groups in total. The molecule has 0 saturated heterocycles. The molecule has 0 fully saturated rings. The zero-order chi connectivity index (χ0) is 25.8. The number of benzene rings is 2. The van der Waals surface area contributed by atoms with Crippen LogP contribution in [0.2, 0.25) is 5.02 Å². The van der Waals surface area contributed by atoms with Crippen molar-refractivity contribution >= 4 is 29.2 Å². The van der Waals surface area contributed by atoms with Crippen molar-refractivity contribution < 1.29 is 9.59 Å². The lowest BCUT2D eigenvalue weighted by Gasteiger charge is -2.22. The summed E-state index contributed by atoms with van der Waals surface area (Å²) in [5, 5.41) is 8.22. The van der Waals surface area contributed by atoms with Gasteiger partial charge in [-0.05, 0) is 25.0 Å². The van der Waals surface area contributed by atoms with Crippen LogP contribution >= 0.6 is 11.6 Å². The van der Waals surface area contributed by atoms with Gasteiger partial charge in [-0.3, -0.25) is 9.59 Å². The first-order valence-corrected chi connectivity index (χ1v) is 13.4. The first-order valence-electron chi connectivity index (χ1n) is 13.0. The van der Waals surface area contributed by atoms with Gasteiger partial charge in [0.1, 0.15) is 5.82 Å². The minimum absolute atomic E-state index is 0.0108. The number of amides is 2. The van der Waals surface area contributed by atoms with E-state index in [2.05, 4.69) is 12.2 Å². The molecule has 3 aromatic rings. The fraction of sp³-hybridized carbons (Fsp3) is 0.414. The molecule has 1 aromatic heterocycles. The largest absolute Gasteiger partial charge is 0.333 e. The maximum atomic E-state index is 13.1. The summed E-state index contributed by atoms with van der Waals surface area (Å²) < 4.78 is 1.64. The fourth-order valence-electron chi connectivity index (χ4n) is 4.16. The first kappa shape index (κ1) is 27.5. The van der Waals surface area contributed by atoms with Gasteiger partial charge in [0.15, 0.2) is 0 Å². The number of para-hydroxylation sites is 1. The number of rotatable bonds is 14. The highest BCUT2D eigenvalue weighted by atomic mass is 35.5. The SMILES string of the molecule is CCCCCCCCC(=O)N(CCC)CC(=O)Nc1cc(-c2ccccc2)nn1-c1ccccc1Cl. The Morgan fingerprint density at radius 3 is 2.33 bits per heavy atom. The molecule has 0 aliphatic rings. The third-order valence-electron chi connectivity index (χ3n) is 6.05. The zero-order valence-corrected chi connectivity index (χ0v) is 22.1. The predicted molar refractivity (Wildman–Crippen MR) is 148 cm³/mol. The van der Waals surface area contributed by atoms with Gasteiger partial charge in [0.05, 0.1) is 22.9 Å². The molecule has 36 heavy (non-hydrogen) atoms. The average molecular weight is 509 g/mol. The van der Waals surface area contributed by atoms with Crippen LogP contribution in [0.5, 0.6) is 0 Å². The van der Waals surface area contributed by atoms with E-state index < -0.39 is 0 Å². The van der Waals surface area contributed by atoms with E-state index >= 15 is 0 Å². The van der Waals surface area contributed by atoms with Gasteiger partial charge in [-0.1, -0.05) is 100 Å². The van der Waals surface area contributed by atoms with E-state index in [1.165, 1.54) is 19.3 Å². The van der Waals surface area contributed by atoms with E-state index in [4.69, 9.17) is 16.7 Å². The molecule has 0 bridgehead atoms. The molecule has 2 aromatic carbocycles. The van der Waals surface area contributed by atoms with Crippen LogP contribution in [-0.4, -0.2) is 39.6 Å². The number of carbonyl (C=O) groups excluding carboxylic acids is 2. The summed E-state index contributed by atoms with van der Waals surface area (Å²) in [7, 11) is 0. The Morgan fingerprint density at radius 1 is 0.917 bits per heavy atom. The molecule has 0 aliphatic heterocycles. The van der Waals surface area contributed by atoms with E-state index in [-0.39, 0.29) is 18.4 Å². The Kier molecular flexibility index (Phi) is 11.0. The highest BCUT2D eigenvalue weighted by Gasteiger charge is 2.19. The summed E-state index contributed by atoms with van der Waals surface area (Å²) in [4.78, 5) is 27.6. The van der Waals surface area contributed by atoms with Gasteiger partial charge >= 0.3 is 0 Å². The fourth-order valence-corrected chi connectivity index (χ4v) is 4.38. The topological polar surface area (TPSA) is 67.2 Å². The number of nitrogens with zero attached hydrogens (tertiary/aromatic N) is 3. The summed E-state index contributed by atoms with van der Waals surface area (Å²) in [6, 6.07) is 19.0. The smallest absolute Gasteiger partial charge is 0.245 e. The number of carbonyl (C=O) groups is 2. The second-order valence-corrected chi connectivity index (χ2v) is 9.43. The van der Waals surface area contributed by atoms with Crippen molar-refractivity contribution in [2.45, 2.75) is 65.2 Å². The van der Waals surface area contributed by atoms with E-state index in [0.717, 1.165) is 36.9 Å². The lowest BCUT2D eigenvalue weighted by atomic mass is 10.1. The summed E-state index contributed by atoms with van der Waals surface area (Å²) >= 11 is 6.45. The number of halogens is 1. The highest BCUT2D eigenvalue weighted by Crippen LogP contribution is 2.28. The van der Waals surface area contributed by atoms with Crippen LogP contribution in [0.25, 0.3) is 16.9 Å². The molecule has 0 atom stereocenters. The molecular weight excluding hydrogens is 472 g/mol. The molecule has 2 amide bonds. The van der Waals surface area contributed by atoms with Crippen LogP contribution in [0.1, 0.15) is 65.2 Å². The predicted octanol–water partition coefficient (Wildman–Crippen LogP) is 7.12. The Morgan fingerprint density at radius 2 is 1.61 bits per heavy atom. The molecule has 0 unspecified atom stereocenters. The molecule has 0 saturated carbocycles. The molecule has 1 heterocycles. The second kappa shape index (κ2) is 14.4. The Balaban J connectivity index is 1.72. The third-order valence-corrected chi connectivity index (χ3v) is 6.37. The third kappa shape index (κ3) is 7.95. The Bertz CT molecular complexity index is 1110. The number of unbranched alkanes of at least 4 members (excludes halogenated alkanes) is 5. The lowest BCUT2D eigenvalue weighted by Crippen LogP contribution is -2.38. The number of hydrogen-bond donors (Lipinski definition) is 1. The van der Waals surface area contributed by atoms with Gasteiger partial charge in [0, 0.05) is 24.6 Å². The van der Waals surface area contributed by atoms with E-state index in [1.54, 1.807) is 15.6 Å². The van der Waals surface area contributed by atoms with Crippen molar-refractivity contribution in [3.63, 3.8) is 0 Å². The quantitative estimate of drug-likeness (QED) is 0.236. The molecule has 0 spiro atoms. The monoisotopic (exact) mass is 508 g/mol. The van der Waals surface area contributed by atoms with Crippen LogP contribution in [0.3, 0.4) is 0 Å². The van der Waals surface area contributed by atoms with Crippen molar-refractivity contribution in [2.75, 3.05) is 18.4 Å². The van der Waals surface area contributed by atoms with Crippen LogP contribution in [-0.2, 0) is 9.59 Å². The molecule has 0 aliphatic carbocycles. The van der Waals surface area contributed by atoms with Crippen molar-refractivity contribution in [2.24, 2.45) is 0 Å². The number of hydrogen-bond acceptors (Lipinski definition) is 3. The van der Waals surface area contributed by atoms with Gasteiger partial charge in [0.25, 0.3) is 0 Å². The van der Waals surface area contributed by atoms with Crippen LogP contribution in [0, 0.1) is 0 Å². The number of nitrogens with one attached hydrogen (secondary N) is 1.